The first-order chi connectivity index (χ1) is 7.59. The molecule has 0 saturated carbocycles. The van der Waals surface area contributed by atoms with E-state index >= 15 is 0 Å². The summed E-state index contributed by atoms with van der Waals surface area (Å²) in [7, 11) is -0.846. The maximum absolute atomic E-state index is 2.73. The van der Waals surface area contributed by atoms with Gasteiger partial charge in [-0.1, -0.05) is 25.6 Å². The Bertz CT molecular complexity index is 384. The summed E-state index contributed by atoms with van der Waals surface area (Å²) in [6.07, 6.45) is 0. The number of hydrogen-bond donors (Lipinski definition) is 0. The summed E-state index contributed by atoms with van der Waals surface area (Å²) in [6, 6.07) is 0. The molecule has 1 unspecified atom stereocenters. The second kappa shape index (κ2) is 9.18. The van der Waals surface area contributed by atoms with Gasteiger partial charge in [0.1, 0.15) is 8.96 Å². The van der Waals surface area contributed by atoms with Crippen molar-refractivity contribution in [3.05, 3.63) is 22.4 Å². The fourth-order valence-corrected chi connectivity index (χ4v) is 5.67. The molecule has 1 atom stereocenters. The molecule has 1 rings (SSSR count). The molecule has 0 bridgehead atoms. The molecular weight excluding hydrogens is 384 g/mol. The van der Waals surface area contributed by atoms with Crippen molar-refractivity contribution in [3.8, 4) is 0 Å². The summed E-state index contributed by atoms with van der Waals surface area (Å²) in [5.41, 5.74) is 6.42. The zero-order chi connectivity index (χ0) is 13.5. The topological polar surface area (TPSA) is 3.24 Å². The molecule has 5 heteroatoms. The van der Waals surface area contributed by atoms with Crippen LogP contribution in [0.4, 0.5) is 0 Å². The van der Waals surface area contributed by atoms with E-state index in [4.69, 9.17) is 0 Å². The van der Waals surface area contributed by atoms with Gasteiger partial charge in [0, 0.05) is 43.4 Å². The van der Waals surface area contributed by atoms with Gasteiger partial charge < -0.3 is 29.4 Å². The third-order valence-electron chi connectivity index (χ3n) is 4.10. The molecule has 0 fully saturated rings. The standard InChI is InChI=1S/C15H29NSi.2ClH.Zr/c1-10-11(2)13(4)14(12(10)3)16(17(8)9)15(5,6)7;;;/h12,17H,1-9H3;2*1H;/p-2. The van der Waals surface area contributed by atoms with Crippen molar-refractivity contribution in [2.24, 2.45) is 5.92 Å². The Balaban J connectivity index is -0.000000963. The van der Waals surface area contributed by atoms with Crippen molar-refractivity contribution in [1.82, 2.24) is 4.57 Å². The van der Waals surface area contributed by atoms with Gasteiger partial charge in [0.15, 0.2) is 0 Å². The Labute approximate surface area is 159 Å². The van der Waals surface area contributed by atoms with Gasteiger partial charge in [-0.05, 0) is 52.7 Å². The van der Waals surface area contributed by atoms with Crippen LogP contribution in [-0.4, -0.2) is 19.1 Å². The Morgan fingerprint density at radius 2 is 1.35 bits per heavy atom. The first-order valence-corrected chi connectivity index (χ1v) is 9.59. The maximum atomic E-state index is 2.73. The van der Waals surface area contributed by atoms with E-state index in [0.29, 0.717) is 5.92 Å². The van der Waals surface area contributed by atoms with Gasteiger partial charge in [0.05, 0.1) is 0 Å². The van der Waals surface area contributed by atoms with Crippen LogP contribution in [-0.2, 0) is 26.2 Å². The average Bonchev–Trinajstić information content (AvgIpc) is 2.33. The van der Waals surface area contributed by atoms with Crippen LogP contribution in [0.25, 0.3) is 0 Å². The molecule has 0 aromatic heterocycles. The van der Waals surface area contributed by atoms with Gasteiger partial charge >= 0.3 is 0 Å². The van der Waals surface area contributed by atoms with Gasteiger partial charge in [0.25, 0.3) is 0 Å². The van der Waals surface area contributed by atoms with E-state index in [9.17, 15) is 0 Å². The third kappa shape index (κ3) is 5.00. The Hall–Kier alpha value is 0.960. The summed E-state index contributed by atoms with van der Waals surface area (Å²) in [5, 5.41) is 0. The fraction of sp³-hybridized carbons (Fsp3) is 0.733. The molecule has 0 amide bonds. The molecule has 0 N–H and O–H groups in total. The Morgan fingerprint density at radius 3 is 1.55 bits per heavy atom. The molecule has 0 heterocycles. The number of nitrogens with zero attached hydrogens (tertiary/aromatic N) is 1. The number of rotatable bonds is 2. The predicted octanol–water partition coefficient (Wildman–Crippen LogP) is -1.66. The van der Waals surface area contributed by atoms with E-state index in [1.165, 1.54) is 11.1 Å². The van der Waals surface area contributed by atoms with Crippen LogP contribution in [0.3, 0.4) is 0 Å². The van der Waals surface area contributed by atoms with Crippen LogP contribution < -0.4 is 24.8 Å². The van der Waals surface area contributed by atoms with Crippen LogP contribution in [0.2, 0.25) is 13.1 Å². The predicted molar refractivity (Wildman–Crippen MR) is 80.7 cm³/mol. The number of halogens is 2. The third-order valence-corrected chi connectivity index (χ3v) is 6.18. The molecule has 118 valence electrons. The van der Waals surface area contributed by atoms with Gasteiger partial charge in [-0.3, -0.25) is 0 Å². The van der Waals surface area contributed by atoms with Gasteiger partial charge in [0.2, 0.25) is 0 Å². The quantitative estimate of drug-likeness (QED) is 0.490. The molecule has 1 nitrogen and oxygen atoms in total. The molecule has 0 aliphatic heterocycles. The van der Waals surface area contributed by atoms with Crippen LogP contribution in [0.1, 0.15) is 48.5 Å². The molecular formula is C15H29Cl2NSiZr-2. The molecule has 0 radical (unpaired) electrons. The molecule has 20 heavy (non-hydrogen) atoms. The minimum absolute atomic E-state index is 0. The first-order valence-electron chi connectivity index (χ1n) is 6.76. The SMILES string of the molecule is CC1=C(C)C(C)C(N([SiH](C)C)C(C)(C)C)=C1C.[Cl-].[Cl-].[Zr]. The summed E-state index contributed by atoms with van der Waals surface area (Å²) < 4.78 is 2.73. The van der Waals surface area contributed by atoms with Gasteiger partial charge in [-0.25, -0.2) is 0 Å². The van der Waals surface area contributed by atoms with Gasteiger partial charge in [-0.2, -0.15) is 0 Å². The van der Waals surface area contributed by atoms with E-state index in [1.54, 1.807) is 11.3 Å². The maximum Gasteiger partial charge on any atom is 0.134 e. The molecule has 1 aliphatic carbocycles. The Morgan fingerprint density at radius 1 is 0.950 bits per heavy atom. The summed E-state index contributed by atoms with van der Waals surface area (Å²) >= 11 is 0. The summed E-state index contributed by atoms with van der Waals surface area (Å²) in [5.74, 6) is 0.601. The normalized spacial score (nSPS) is 18.6. The minimum atomic E-state index is -0.846. The molecule has 1 aliphatic rings. The van der Waals surface area contributed by atoms with E-state index in [0.717, 1.165) is 0 Å². The van der Waals surface area contributed by atoms with E-state index in [2.05, 4.69) is 66.1 Å². The van der Waals surface area contributed by atoms with Crippen molar-refractivity contribution in [2.75, 3.05) is 0 Å². The van der Waals surface area contributed by atoms with E-state index < -0.39 is 8.96 Å². The largest absolute Gasteiger partial charge is 1.00 e. The smallest absolute Gasteiger partial charge is 0.134 e. The van der Waals surface area contributed by atoms with Crippen molar-refractivity contribution in [3.63, 3.8) is 0 Å². The summed E-state index contributed by atoms with van der Waals surface area (Å²) in [4.78, 5) is 0. The van der Waals surface area contributed by atoms with Gasteiger partial charge in [-0.15, -0.1) is 0 Å². The zero-order valence-electron chi connectivity index (χ0n) is 14.4. The van der Waals surface area contributed by atoms with Crippen molar-refractivity contribution in [1.29, 1.82) is 0 Å². The molecule has 0 aromatic carbocycles. The van der Waals surface area contributed by atoms with E-state index in [-0.39, 0.29) is 56.6 Å². The van der Waals surface area contributed by atoms with Crippen LogP contribution in [0, 0.1) is 5.92 Å². The van der Waals surface area contributed by atoms with Crippen molar-refractivity contribution in [2.45, 2.75) is 67.1 Å². The second-order valence-corrected chi connectivity index (χ2v) is 9.38. The Kier molecular flexibility index (Phi) is 11.9. The van der Waals surface area contributed by atoms with Crippen LogP contribution in [0.15, 0.2) is 22.4 Å². The van der Waals surface area contributed by atoms with Crippen molar-refractivity contribution >= 4 is 8.96 Å². The second-order valence-electron chi connectivity index (χ2n) is 6.67. The summed E-state index contributed by atoms with van der Waals surface area (Å²) in [6.45, 7) is 21.1. The zero-order valence-corrected chi connectivity index (χ0v) is 19.5. The van der Waals surface area contributed by atoms with Crippen LogP contribution in [0.5, 0.6) is 0 Å². The average molecular weight is 414 g/mol. The van der Waals surface area contributed by atoms with Crippen LogP contribution >= 0.6 is 0 Å². The fourth-order valence-electron chi connectivity index (χ4n) is 3.15. The molecule has 0 saturated heterocycles. The van der Waals surface area contributed by atoms with E-state index in [1.807, 2.05) is 0 Å². The molecule has 0 spiro atoms. The number of allylic oxidation sites excluding steroid dienone is 3. The number of hydrogen-bond acceptors (Lipinski definition) is 1. The molecule has 0 aromatic rings. The van der Waals surface area contributed by atoms with Crippen molar-refractivity contribution < 1.29 is 51.0 Å². The minimum Gasteiger partial charge on any atom is -1.00 e. The monoisotopic (exact) mass is 411 g/mol. The first kappa shape index (κ1) is 25.9.